The van der Waals surface area contributed by atoms with E-state index >= 15 is 0 Å². The molecule has 38 heavy (non-hydrogen) atoms. The van der Waals surface area contributed by atoms with Crippen LogP contribution in [0.1, 0.15) is 45.6 Å². The molecule has 1 N–H and O–H groups in total. The molecule has 4 aromatic rings. The van der Waals surface area contributed by atoms with Gasteiger partial charge in [-0.1, -0.05) is 54.1 Å². The Morgan fingerprint density at radius 1 is 0.947 bits per heavy atom. The molecule has 0 unspecified atom stereocenters. The second-order valence-corrected chi connectivity index (χ2v) is 9.55. The molecule has 0 bridgehead atoms. The van der Waals surface area contributed by atoms with E-state index in [1.54, 1.807) is 6.92 Å². The Morgan fingerprint density at radius 3 is 2.45 bits per heavy atom. The summed E-state index contributed by atoms with van der Waals surface area (Å²) in [6, 6.07) is 28.6. The van der Waals surface area contributed by atoms with E-state index in [0.29, 0.717) is 23.5 Å². The molecule has 0 saturated heterocycles. The minimum absolute atomic E-state index is 0.0267. The summed E-state index contributed by atoms with van der Waals surface area (Å²) < 4.78 is 19.2. The summed E-state index contributed by atoms with van der Waals surface area (Å²) in [5.74, 6) is -0.201. The summed E-state index contributed by atoms with van der Waals surface area (Å²) in [6.45, 7) is 4.30. The van der Waals surface area contributed by atoms with E-state index in [1.807, 2.05) is 78.6 Å². The van der Waals surface area contributed by atoms with Crippen LogP contribution in [0.25, 0.3) is 0 Å². The number of rotatable bonds is 6. The summed E-state index contributed by atoms with van der Waals surface area (Å²) in [5, 5.41) is 2.75. The molecule has 0 saturated carbocycles. The van der Waals surface area contributed by atoms with Crippen molar-refractivity contribution < 1.29 is 18.7 Å². The molecule has 2 amide bonds. The first-order valence-corrected chi connectivity index (χ1v) is 12.7. The second kappa shape index (κ2) is 10.9. The highest BCUT2D eigenvalue weighted by atomic mass is 19.1. The van der Waals surface area contributed by atoms with Gasteiger partial charge >= 0.3 is 0 Å². The normalized spacial score (nSPS) is 15.3. The number of ether oxygens (including phenoxy) is 1. The Bertz CT molecular complexity index is 1450. The predicted molar refractivity (Wildman–Crippen MR) is 146 cm³/mol. The van der Waals surface area contributed by atoms with Crippen molar-refractivity contribution in [2.45, 2.75) is 32.4 Å². The van der Waals surface area contributed by atoms with E-state index in [0.717, 1.165) is 28.7 Å². The third kappa shape index (κ3) is 5.44. The van der Waals surface area contributed by atoms with Gasteiger partial charge in [-0.25, -0.2) is 4.39 Å². The summed E-state index contributed by atoms with van der Waals surface area (Å²) in [6.07, 6.45) is -0.0712. The summed E-state index contributed by atoms with van der Waals surface area (Å²) in [4.78, 5) is 28.3. The van der Waals surface area contributed by atoms with E-state index in [2.05, 4.69) is 11.4 Å². The lowest BCUT2D eigenvalue weighted by atomic mass is 9.87. The number of fused-ring (bicyclic) bond motifs is 1. The quantitative estimate of drug-likeness (QED) is 0.331. The van der Waals surface area contributed by atoms with Gasteiger partial charge in [0.05, 0.1) is 6.04 Å². The topological polar surface area (TPSA) is 58.6 Å². The van der Waals surface area contributed by atoms with Crippen LogP contribution in [0.2, 0.25) is 0 Å². The molecule has 0 aliphatic carbocycles. The van der Waals surface area contributed by atoms with Gasteiger partial charge < -0.3 is 15.0 Å². The monoisotopic (exact) mass is 508 g/mol. The van der Waals surface area contributed by atoms with E-state index < -0.39 is 6.10 Å². The van der Waals surface area contributed by atoms with Crippen LogP contribution >= 0.6 is 0 Å². The maximum absolute atomic E-state index is 13.6. The standard InChI is InChI=1S/C32H29FN2O3/c1-21-7-6-10-25(19-21)30-29-20-28(38-22(2)31(36)34-27-14-12-26(33)13-15-27)16-11-23(29)17-18-35(30)32(37)24-8-4-3-5-9-24/h3-16,19-20,22,30H,17-18H2,1-2H3,(H,34,36)/t22-,30-/m1/s1. The van der Waals surface area contributed by atoms with Gasteiger partial charge in [0.1, 0.15) is 11.6 Å². The number of aryl methyl sites for hydroxylation is 1. The van der Waals surface area contributed by atoms with Gasteiger partial charge in [-0.2, -0.15) is 0 Å². The van der Waals surface area contributed by atoms with Crippen molar-refractivity contribution in [3.63, 3.8) is 0 Å². The molecule has 0 fully saturated rings. The number of nitrogens with zero attached hydrogens (tertiary/aromatic N) is 1. The molecule has 0 radical (unpaired) electrons. The average molecular weight is 509 g/mol. The third-order valence-corrected chi connectivity index (χ3v) is 6.78. The number of benzene rings is 4. The average Bonchev–Trinajstić information content (AvgIpc) is 2.93. The van der Waals surface area contributed by atoms with Crippen LogP contribution in [0.5, 0.6) is 5.75 Å². The number of hydrogen-bond acceptors (Lipinski definition) is 3. The molecule has 6 heteroatoms. The molecular weight excluding hydrogens is 479 g/mol. The zero-order valence-corrected chi connectivity index (χ0v) is 21.4. The van der Waals surface area contributed by atoms with Crippen molar-refractivity contribution in [3.05, 3.63) is 131 Å². The SMILES string of the molecule is Cc1cccc([C@@H]2c3cc(O[C@H](C)C(=O)Nc4ccc(F)cc4)ccc3CCN2C(=O)c2ccccc2)c1. The zero-order valence-electron chi connectivity index (χ0n) is 21.4. The second-order valence-electron chi connectivity index (χ2n) is 9.55. The van der Waals surface area contributed by atoms with Gasteiger partial charge in [0.25, 0.3) is 11.8 Å². The first-order chi connectivity index (χ1) is 18.4. The molecule has 4 aromatic carbocycles. The highest BCUT2D eigenvalue weighted by Crippen LogP contribution is 2.38. The van der Waals surface area contributed by atoms with Crippen LogP contribution in [0.15, 0.2) is 97.1 Å². The first kappa shape index (κ1) is 25.2. The summed E-state index contributed by atoms with van der Waals surface area (Å²) in [7, 11) is 0. The van der Waals surface area contributed by atoms with Crippen LogP contribution in [0, 0.1) is 12.7 Å². The fourth-order valence-electron chi connectivity index (χ4n) is 4.87. The fourth-order valence-corrected chi connectivity index (χ4v) is 4.87. The molecule has 5 nitrogen and oxygen atoms in total. The predicted octanol–water partition coefficient (Wildman–Crippen LogP) is 6.33. The number of carbonyl (C=O) groups excluding carboxylic acids is 2. The highest BCUT2D eigenvalue weighted by molar-refractivity contribution is 5.95. The lowest BCUT2D eigenvalue weighted by molar-refractivity contribution is -0.122. The molecule has 1 aliphatic rings. The smallest absolute Gasteiger partial charge is 0.265 e. The third-order valence-electron chi connectivity index (χ3n) is 6.78. The highest BCUT2D eigenvalue weighted by Gasteiger charge is 2.33. The van der Waals surface area contributed by atoms with Gasteiger partial charge in [-0.05, 0) is 85.5 Å². The molecule has 0 aromatic heterocycles. The minimum atomic E-state index is -0.791. The Balaban J connectivity index is 1.44. The van der Waals surface area contributed by atoms with Gasteiger partial charge in [0.15, 0.2) is 6.10 Å². The Labute approximate surface area is 221 Å². The molecule has 0 spiro atoms. The molecule has 2 atom stereocenters. The van der Waals surface area contributed by atoms with Crippen LogP contribution in [0.3, 0.4) is 0 Å². The van der Waals surface area contributed by atoms with Crippen LogP contribution in [0.4, 0.5) is 10.1 Å². The largest absolute Gasteiger partial charge is 0.481 e. The number of anilines is 1. The lowest BCUT2D eigenvalue weighted by Gasteiger charge is -2.38. The van der Waals surface area contributed by atoms with Crippen molar-refractivity contribution in [1.82, 2.24) is 4.90 Å². The molecular formula is C32H29FN2O3. The Hall–Kier alpha value is -4.45. The summed E-state index contributed by atoms with van der Waals surface area (Å²) in [5.41, 5.74) is 5.40. The first-order valence-electron chi connectivity index (χ1n) is 12.7. The van der Waals surface area contributed by atoms with E-state index in [9.17, 15) is 14.0 Å². The molecule has 1 aliphatic heterocycles. The number of amides is 2. The number of nitrogens with one attached hydrogen (secondary N) is 1. The van der Waals surface area contributed by atoms with Gasteiger partial charge in [0.2, 0.25) is 0 Å². The number of halogens is 1. The Kier molecular flexibility index (Phi) is 7.22. The maximum atomic E-state index is 13.6. The minimum Gasteiger partial charge on any atom is -0.481 e. The van der Waals surface area contributed by atoms with E-state index in [-0.39, 0.29) is 23.7 Å². The Morgan fingerprint density at radius 2 is 1.71 bits per heavy atom. The van der Waals surface area contributed by atoms with Gasteiger partial charge in [-0.3, -0.25) is 9.59 Å². The van der Waals surface area contributed by atoms with Gasteiger partial charge in [0, 0.05) is 17.8 Å². The van der Waals surface area contributed by atoms with Crippen LogP contribution in [-0.4, -0.2) is 29.4 Å². The maximum Gasteiger partial charge on any atom is 0.265 e. The molecule has 1 heterocycles. The van der Waals surface area contributed by atoms with Crippen molar-refractivity contribution >= 4 is 17.5 Å². The number of hydrogen-bond donors (Lipinski definition) is 1. The number of carbonyl (C=O) groups is 2. The van der Waals surface area contributed by atoms with Crippen molar-refractivity contribution in [3.8, 4) is 5.75 Å². The van der Waals surface area contributed by atoms with Gasteiger partial charge in [-0.15, -0.1) is 0 Å². The lowest BCUT2D eigenvalue weighted by Crippen LogP contribution is -2.40. The fraction of sp³-hybridized carbons (Fsp3) is 0.188. The van der Waals surface area contributed by atoms with Crippen molar-refractivity contribution in [2.24, 2.45) is 0 Å². The zero-order chi connectivity index (χ0) is 26.6. The molecule has 192 valence electrons. The van der Waals surface area contributed by atoms with E-state index in [4.69, 9.17) is 4.74 Å². The summed E-state index contributed by atoms with van der Waals surface area (Å²) >= 11 is 0. The van der Waals surface area contributed by atoms with E-state index in [1.165, 1.54) is 24.3 Å². The van der Waals surface area contributed by atoms with Crippen LogP contribution in [-0.2, 0) is 11.2 Å². The van der Waals surface area contributed by atoms with Crippen LogP contribution < -0.4 is 10.1 Å². The van der Waals surface area contributed by atoms with Crippen molar-refractivity contribution in [2.75, 3.05) is 11.9 Å². The molecule has 5 rings (SSSR count). The van der Waals surface area contributed by atoms with Crippen molar-refractivity contribution in [1.29, 1.82) is 0 Å².